The highest BCUT2D eigenvalue weighted by molar-refractivity contribution is 5.94. The third-order valence-corrected chi connectivity index (χ3v) is 5.62. The summed E-state index contributed by atoms with van der Waals surface area (Å²) in [6.45, 7) is 5.20. The van der Waals surface area contributed by atoms with Crippen LogP contribution in [-0.2, 0) is 17.5 Å². The van der Waals surface area contributed by atoms with Crippen molar-refractivity contribution in [2.24, 2.45) is 0 Å². The summed E-state index contributed by atoms with van der Waals surface area (Å²) in [7, 11) is 0. The highest BCUT2D eigenvalue weighted by Gasteiger charge is 2.34. The van der Waals surface area contributed by atoms with Gasteiger partial charge in [0.2, 0.25) is 0 Å². The number of aromatic amines is 1. The van der Waals surface area contributed by atoms with Gasteiger partial charge in [0.05, 0.1) is 28.7 Å². The number of halogens is 4. The number of H-pyrrole nitrogens is 1. The number of carbonyl (C=O) groups is 1. The summed E-state index contributed by atoms with van der Waals surface area (Å²) in [6.07, 6.45) is -5.07. The number of aromatic nitrogens is 2. The van der Waals surface area contributed by atoms with Crippen LogP contribution in [0.15, 0.2) is 35.1 Å². The number of fused-ring (bicyclic) bond motifs is 1. The van der Waals surface area contributed by atoms with Gasteiger partial charge >= 0.3 is 6.18 Å². The first-order valence-corrected chi connectivity index (χ1v) is 10.9. The summed E-state index contributed by atoms with van der Waals surface area (Å²) in [5, 5.41) is -0.0439. The molecular formula is C24H23F4N3O4. The van der Waals surface area contributed by atoms with Gasteiger partial charge in [-0.2, -0.15) is 13.2 Å². The Hall–Kier alpha value is -3.47. The zero-order valence-electron chi connectivity index (χ0n) is 19.2. The van der Waals surface area contributed by atoms with E-state index in [4.69, 9.17) is 9.47 Å². The average molecular weight is 493 g/mol. The van der Waals surface area contributed by atoms with Gasteiger partial charge < -0.3 is 19.4 Å². The highest BCUT2D eigenvalue weighted by Crippen LogP contribution is 2.34. The third kappa shape index (κ3) is 5.29. The second-order valence-corrected chi connectivity index (χ2v) is 8.58. The Morgan fingerprint density at radius 3 is 2.51 bits per heavy atom. The van der Waals surface area contributed by atoms with Gasteiger partial charge in [-0.3, -0.25) is 9.59 Å². The number of nitrogens with one attached hydrogen (secondary N) is 1. The van der Waals surface area contributed by atoms with Gasteiger partial charge in [0, 0.05) is 24.2 Å². The Morgan fingerprint density at radius 2 is 1.89 bits per heavy atom. The van der Waals surface area contributed by atoms with Crippen LogP contribution >= 0.6 is 0 Å². The monoisotopic (exact) mass is 493 g/mol. The molecule has 4 rings (SSSR count). The molecule has 1 aliphatic rings. The predicted molar refractivity (Wildman–Crippen MR) is 119 cm³/mol. The molecule has 0 radical (unpaired) electrons. The van der Waals surface area contributed by atoms with E-state index in [1.807, 2.05) is 13.8 Å². The van der Waals surface area contributed by atoms with Crippen molar-refractivity contribution in [3.63, 3.8) is 0 Å². The average Bonchev–Trinajstić information content (AvgIpc) is 2.76. The maximum Gasteiger partial charge on any atom is 0.416 e. The molecule has 2 aromatic carbocycles. The second-order valence-electron chi connectivity index (χ2n) is 8.58. The molecule has 11 heteroatoms. The number of carbonyl (C=O) groups excluding carboxylic acids is 1. The number of nitrogens with zero attached hydrogens (tertiary/aromatic N) is 2. The first kappa shape index (κ1) is 24.6. The van der Waals surface area contributed by atoms with Crippen molar-refractivity contribution in [1.82, 2.24) is 14.9 Å². The third-order valence-electron chi connectivity index (χ3n) is 5.62. The highest BCUT2D eigenvalue weighted by atomic mass is 19.4. The van der Waals surface area contributed by atoms with Gasteiger partial charge in [0.15, 0.2) is 11.6 Å². The van der Waals surface area contributed by atoms with Crippen LogP contribution in [0.5, 0.6) is 5.75 Å². The standard InChI is InChI=1S/C24H23F4N3O4/c1-12-9-31(10-13(2)35-12)23(33)15-4-5-21(19(25)7-15)34-11-16-6-17-20(8-18(16)24(26,27)28)29-14(3)30-22(17)32/h4-8,12-13H,9-11H2,1-3H3,(H,29,30,32). The van der Waals surface area contributed by atoms with E-state index in [2.05, 4.69) is 9.97 Å². The fourth-order valence-corrected chi connectivity index (χ4v) is 4.16. The lowest BCUT2D eigenvalue weighted by atomic mass is 10.0. The number of aryl methyl sites for hydroxylation is 1. The number of ether oxygens (including phenoxy) is 2. The lowest BCUT2D eigenvalue weighted by molar-refractivity contribution is -0.138. The van der Waals surface area contributed by atoms with Crippen LogP contribution in [0, 0.1) is 12.7 Å². The van der Waals surface area contributed by atoms with Gasteiger partial charge in [0.25, 0.3) is 11.5 Å². The minimum atomic E-state index is -4.74. The summed E-state index contributed by atoms with van der Waals surface area (Å²) in [5.41, 5.74) is -2.00. The maximum atomic E-state index is 14.7. The van der Waals surface area contributed by atoms with E-state index < -0.39 is 29.7 Å². The number of rotatable bonds is 4. The molecule has 35 heavy (non-hydrogen) atoms. The van der Waals surface area contributed by atoms with E-state index in [1.165, 1.54) is 19.1 Å². The van der Waals surface area contributed by atoms with Crippen molar-refractivity contribution in [2.45, 2.75) is 45.8 Å². The van der Waals surface area contributed by atoms with Crippen molar-refractivity contribution >= 4 is 16.8 Å². The van der Waals surface area contributed by atoms with E-state index in [0.29, 0.717) is 13.1 Å². The van der Waals surface area contributed by atoms with Crippen LogP contribution in [0.2, 0.25) is 0 Å². The molecule has 0 aliphatic carbocycles. The molecule has 0 saturated carbocycles. The molecule has 1 N–H and O–H groups in total. The van der Waals surface area contributed by atoms with Gasteiger partial charge in [-0.05, 0) is 51.1 Å². The number of morpholine rings is 1. The van der Waals surface area contributed by atoms with Gasteiger partial charge in [-0.25, -0.2) is 9.37 Å². The van der Waals surface area contributed by atoms with E-state index >= 15 is 0 Å². The predicted octanol–water partition coefficient (Wildman–Crippen LogP) is 4.22. The zero-order chi connectivity index (χ0) is 25.5. The Balaban J connectivity index is 1.58. The topological polar surface area (TPSA) is 84.5 Å². The molecule has 7 nitrogen and oxygen atoms in total. The van der Waals surface area contributed by atoms with Crippen LogP contribution in [0.3, 0.4) is 0 Å². The van der Waals surface area contributed by atoms with E-state index in [-0.39, 0.29) is 51.7 Å². The lowest BCUT2D eigenvalue weighted by Crippen LogP contribution is -2.48. The largest absolute Gasteiger partial charge is 0.486 e. The smallest absolute Gasteiger partial charge is 0.416 e. The van der Waals surface area contributed by atoms with Gasteiger partial charge in [-0.1, -0.05) is 0 Å². The molecule has 1 amide bonds. The Bertz CT molecular complexity index is 1330. The van der Waals surface area contributed by atoms with Crippen molar-refractivity contribution in [3.05, 3.63) is 69.0 Å². The molecule has 1 fully saturated rings. The van der Waals surface area contributed by atoms with E-state index in [9.17, 15) is 27.2 Å². The molecule has 2 atom stereocenters. The summed E-state index contributed by atoms with van der Waals surface area (Å²) in [5.74, 6) is -1.42. The zero-order valence-corrected chi connectivity index (χ0v) is 19.2. The molecule has 186 valence electrons. The number of amides is 1. The minimum Gasteiger partial charge on any atom is -0.486 e. The molecular weight excluding hydrogens is 470 g/mol. The van der Waals surface area contributed by atoms with E-state index in [0.717, 1.165) is 18.2 Å². The van der Waals surface area contributed by atoms with Crippen LogP contribution < -0.4 is 10.3 Å². The summed E-state index contributed by atoms with van der Waals surface area (Å²) in [4.78, 5) is 32.9. The molecule has 1 saturated heterocycles. The van der Waals surface area contributed by atoms with Crippen LogP contribution in [-0.4, -0.2) is 46.1 Å². The van der Waals surface area contributed by atoms with Crippen LogP contribution in [0.25, 0.3) is 10.9 Å². The van der Waals surface area contributed by atoms with Crippen molar-refractivity contribution < 1.29 is 31.8 Å². The molecule has 3 aromatic rings. The minimum absolute atomic E-state index is 0.0439. The second kappa shape index (κ2) is 9.29. The maximum absolute atomic E-state index is 14.7. The Morgan fingerprint density at radius 1 is 1.20 bits per heavy atom. The molecule has 2 heterocycles. The molecule has 2 unspecified atom stereocenters. The fraction of sp³-hybridized carbons (Fsp3) is 0.375. The summed E-state index contributed by atoms with van der Waals surface area (Å²) < 4.78 is 66.6. The van der Waals surface area contributed by atoms with Crippen molar-refractivity contribution in [1.29, 1.82) is 0 Å². The lowest BCUT2D eigenvalue weighted by Gasteiger charge is -2.35. The number of alkyl halides is 3. The molecule has 1 aromatic heterocycles. The fourth-order valence-electron chi connectivity index (χ4n) is 4.16. The van der Waals surface area contributed by atoms with Crippen LogP contribution in [0.1, 0.15) is 41.2 Å². The molecule has 0 spiro atoms. The van der Waals surface area contributed by atoms with Crippen molar-refractivity contribution in [3.8, 4) is 5.75 Å². The number of benzene rings is 2. The van der Waals surface area contributed by atoms with Crippen LogP contribution in [0.4, 0.5) is 17.6 Å². The quantitative estimate of drug-likeness (QED) is 0.551. The summed E-state index contributed by atoms with van der Waals surface area (Å²) in [6, 6.07) is 5.36. The van der Waals surface area contributed by atoms with E-state index in [1.54, 1.807) is 4.90 Å². The first-order chi connectivity index (χ1) is 16.4. The molecule has 1 aliphatic heterocycles. The Labute approximate surface area is 197 Å². The van der Waals surface area contributed by atoms with Crippen molar-refractivity contribution in [2.75, 3.05) is 13.1 Å². The Kier molecular flexibility index (Phi) is 6.54. The molecule has 0 bridgehead atoms. The van der Waals surface area contributed by atoms with Gasteiger partial charge in [0.1, 0.15) is 12.4 Å². The van der Waals surface area contributed by atoms with Gasteiger partial charge in [-0.15, -0.1) is 0 Å². The number of hydrogen-bond donors (Lipinski definition) is 1. The number of hydrogen-bond acceptors (Lipinski definition) is 5. The normalized spacial score (nSPS) is 18.7. The first-order valence-electron chi connectivity index (χ1n) is 10.9. The SMILES string of the molecule is Cc1nc2cc(C(F)(F)F)c(COc3ccc(C(=O)N4CC(C)OC(C)C4)cc3F)cc2c(=O)[nH]1. The summed E-state index contributed by atoms with van der Waals surface area (Å²) >= 11 is 0.